The molecule has 0 aliphatic carbocycles. The van der Waals surface area contributed by atoms with Gasteiger partial charge in [-0.25, -0.2) is 9.18 Å². The lowest BCUT2D eigenvalue weighted by Gasteiger charge is -2.08. The Balaban J connectivity index is 2.59. The zero-order chi connectivity index (χ0) is 14.7. The second-order valence-corrected chi connectivity index (χ2v) is 4.03. The zero-order valence-corrected chi connectivity index (χ0v) is 10.6. The number of carboxylic acids is 1. The summed E-state index contributed by atoms with van der Waals surface area (Å²) >= 11 is 0. The first-order valence-corrected chi connectivity index (χ1v) is 5.75. The van der Waals surface area contributed by atoms with Crippen molar-refractivity contribution in [1.82, 2.24) is 0 Å². The fraction of sp³-hybridized carbons (Fsp3) is 0.0667. The van der Waals surface area contributed by atoms with Crippen LogP contribution in [0.25, 0.3) is 0 Å². The van der Waals surface area contributed by atoms with Crippen LogP contribution in [0.5, 0.6) is 5.75 Å². The predicted octanol–water partition coefficient (Wildman–Crippen LogP) is 2.76. The normalized spacial score (nSPS) is 10.1. The molecule has 0 aliphatic heterocycles. The maximum atomic E-state index is 13.6. The summed E-state index contributed by atoms with van der Waals surface area (Å²) < 4.78 is 18.6. The van der Waals surface area contributed by atoms with Gasteiger partial charge in [0.15, 0.2) is 5.78 Å². The Morgan fingerprint density at radius 3 is 2.35 bits per heavy atom. The van der Waals surface area contributed by atoms with Gasteiger partial charge in [-0.2, -0.15) is 0 Å². The Hall–Kier alpha value is -2.69. The Labute approximate surface area is 114 Å². The van der Waals surface area contributed by atoms with E-state index in [2.05, 4.69) is 0 Å². The second-order valence-electron chi connectivity index (χ2n) is 4.03. The van der Waals surface area contributed by atoms with Crippen molar-refractivity contribution in [3.63, 3.8) is 0 Å². The van der Waals surface area contributed by atoms with Crippen LogP contribution in [0.1, 0.15) is 26.3 Å². The van der Waals surface area contributed by atoms with Gasteiger partial charge in [-0.15, -0.1) is 0 Å². The van der Waals surface area contributed by atoms with Gasteiger partial charge in [0.05, 0.1) is 18.2 Å². The SMILES string of the molecule is COc1ccc(C(=O)O)c(C(=O)c2ccccc2F)c1. The molecule has 0 bridgehead atoms. The monoisotopic (exact) mass is 274 g/mol. The number of carboxylic acid groups (broad SMARTS) is 1. The number of halogens is 1. The number of aromatic carboxylic acids is 1. The Kier molecular flexibility index (Phi) is 3.79. The number of benzene rings is 2. The summed E-state index contributed by atoms with van der Waals surface area (Å²) in [4.78, 5) is 23.5. The summed E-state index contributed by atoms with van der Waals surface area (Å²) in [6, 6.07) is 9.40. The number of carbonyl (C=O) groups is 2. The van der Waals surface area contributed by atoms with Gasteiger partial charge in [0.25, 0.3) is 0 Å². The van der Waals surface area contributed by atoms with Crippen LogP contribution in [0.4, 0.5) is 4.39 Å². The van der Waals surface area contributed by atoms with Crippen molar-refractivity contribution in [2.75, 3.05) is 7.11 Å². The lowest BCUT2D eigenvalue weighted by atomic mass is 9.97. The summed E-state index contributed by atoms with van der Waals surface area (Å²) in [5.41, 5.74) is -0.482. The number of rotatable bonds is 4. The third kappa shape index (κ3) is 2.51. The highest BCUT2D eigenvalue weighted by Crippen LogP contribution is 2.22. The second kappa shape index (κ2) is 5.52. The first-order valence-electron chi connectivity index (χ1n) is 5.75. The Bertz CT molecular complexity index is 679. The molecule has 0 heterocycles. The van der Waals surface area contributed by atoms with Crippen LogP contribution < -0.4 is 4.74 Å². The molecule has 0 spiro atoms. The maximum absolute atomic E-state index is 13.6. The molecule has 2 rings (SSSR count). The third-order valence-corrected chi connectivity index (χ3v) is 2.82. The molecule has 1 N–H and O–H groups in total. The molecule has 0 aromatic heterocycles. The number of hydrogen-bond donors (Lipinski definition) is 1. The van der Waals surface area contributed by atoms with Crippen molar-refractivity contribution in [2.24, 2.45) is 0 Å². The minimum Gasteiger partial charge on any atom is -0.497 e. The van der Waals surface area contributed by atoms with Crippen molar-refractivity contribution < 1.29 is 23.8 Å². The van der Waals surface area contributed by atoms with E-state index in [9.17, 15) is 14.0 Å². The van der Waals surface area contributed by atoms with Gasteiger partial charge < -0.3 is 9.84 Å². The highest BCUT2D eigenvalue weighted by atomic mass is 19.1. The topological polar surface area (TPSA) is 63.6 Å². The maximum Gasteiger partial charge on any atom is 0.336 e. The predicted molar refractivity (Wildman–Crippen MR) is 69.8 cm³/mol. The number of hydrogen-bond acceptors (Lipinski definition) is 3. The minimum atomic E-state index is -1.26. The molecular weight excluding hydrogens is 263 g/mol. The molecule has 0 unspecified atom stereocenters. The number of carbonyl (C=O) groups excluding carboxylic acids is 1. The lowest BCUT2D eigenvalue weighted by Crippen LogP contribution is -2.11. The molecule has 0 atom stereocenters. The Morgan fingerprint density at radius 1 is 1.05 bits per heavy atom. The molecule has 0 saturated heterocycles. The van der Waals surface area contributed by atoms with Crippen LogP contribution >= 0.6 is 0 Å². The van der Waals surface area contributed by atoms with Crippen molar-refractivity contribution in [1.29, 1.82) is 0 Å². The van der Waals surface area contributed by atoms with Crippen molar-refractivity contribution in [2.45, 2.75) is 0 Å². The van der Waals surface area contributed by atoms with E-state index >= 15 is 0 Å². The molecule has 4 nitrogen and oxygen atoms in total. The third-order valence-electron chi connectivity index (χ3n) is 2.82. The van der Waals surface area contributed by atoms with Crippen LogP contribution in [-0.2, 0) is 0 Å². The standard InChI is InChI=1S/C15H11FO4/c1-20-9-6-7-10(15(18)19)12(8-9)14(17)11-4-2-3-5-13(11)16/h2-8H,1H3,(H,18,19). The van der Waals surface area contributed by atoms with Crippen molar-refractivity contribution in [3.05, 3.63) is 65.0 Å². The van der Waals surface area contributed by atoms with Gasteiger partial charge in [0, 0.05) is 5.56 Å². The van der Waals surface area contributed by atoms with E-state index in [1.807, 2.05) is 0 Å². The van der Waals surface area contributed by atoms with E-state index in [0.29, 0.717) is 5.75 Å². The average Bonchev–Trinajstić information content (AvgIpc) is 2.46. The van der Waals surface area contributed by atoms with Crippen LogP contribution in [0.15, 0.2) is 42.5 Å². The number of ketones is 1. The van der Waals surface area contributed by atoms with Crippen LogP contribution in [0.2, 0.25) is 0 Å². The molecule has 0 fully saturated rings. The highest BCUT2D eigenvalue weighted by Gasteiger charge is 2.21. The van der Waals surface area contributed by atoms with E-state index in [-0.39, 0.29) is 16.7 Å². The lowest BCUT2D eigenvalue weighted by molar-refractivity contribution is 0.0692. The highest BCUT2D eigenvalue weighted by molar-refractivity contribution is 6.14. The van der Waals surface area contributed by atoms with Gasteiger partial charge in [0.2, 0.25) is 0 Å². The van der Waals surface area contributed by atoms with Gasteiger partial charge in [0.1, 0.15) is 11.6 Å². The number of ether oxygens (including phenoxy) is 1. The van der Waals surface area contributed by atoms with Gasteiger partial charge in [-0.1, -0.05) is 12.1 Å². The quantitative estimate of drug-likeness (QED) is 0.871. The minimum absolute atomic E-state index is 0.109. The average molecular weight is 274 g/mol. The number of methoxy groups -OCH3 is 1. The first kappa shape index (κ1) is 13.7. The zero-order valence-electron chi connectivity index (χ0n) is 10.6. The molecule has 20 heavy (non-hydrogen) atoms. The van der Waals surface area contributed by atoms with Gasteiger partial charge >= 0.3 is 5.97 Å². The summed E-state index contributed by atoms with van der Waals surface area (Å²) in [5.74, 6) is -2.32. The molecule has 0 amide bonds. The van der Waals surface area contributed by atoms with E-state index in [0.717, 1.165) is 6.07 Å². The fourth-order valence-electron chi connectivity index (χ4n) is 1.82. The smallest absolute Gasteiger partial charge is 0.336 e. The van der Waals surface area contributed by atoms with Crippen molar-refractivity contribution in [3.8, 4) is 5.75 Å². The van der Waals surface area contributed by atoms with E-state index in [1.165, 1.54) is 43.5 Å². The van der Waals surface area contributed by atoms with E-state index in [1.54, 1.807) is 0 Å². The van der Waals surface area contributed by atoms with E-state index < -0.39 is 17.6 Å². The Morgan fingerprint density at radius 2 is 1.75 bits per heavy atom. The molecule has 2 aromatic carbocycles. The molecule has 102 valence electrons. The first-order chi connectivity index (χ1) is 9.54. The van der Waals surface area contributed by atoms with Gasteiger partial charge in [-0.3, -0.25) is 4.79 Å². The summed E-state index contributed by atoms with van der Waals surface area (Å²) in [6.45, 7) is 0. The summed E-state index contributed by atoms with van der Waals surface area (Å²) in [6.07, 6.45) is 0. The molecule has 0 radical (unpaired) electrons. The fourth-order valence-corrected chi connectivity index (χ4v) is 1.82. The van der Waals surface area contributed by atoms with Crippen LogP contribution in [0.3, 0.4) is 0 Å². The molecule has 2 aromatic rings. The molecule has 0 aliphatic rings. The van der Waals surface area contributed by atoms with Crippen molar-refractivity contribution >= 4 is 11.8 Å². The summed E-state index contributed by atoms with van der Waals surface area (Å²) in [5, 5.41) is 9.11. The molecular formula is C15H11FO4. The molecule has 0 saturated carbocycles. The van der Waals surface area contributed by atoms with Crippen LogP contribution in [-0.4, -0.2) is 24.0 Å². The van der Waals surface area contributed by atoms with Crippen LogP contribution in [0, 0.1) is 5.82 Å². The van der Waals surface area contributed by atoms with E-state index in [4.69, 9.17) is 9.84 Å². The van der Waals surface area contributed by atoms with Gasteiger partial charge in [-0.05, 0) is 30.3 Å². The molecule has 5 heteroatoms. The summed E-state index contributed by atoms with van der Waals surface area (Å²) in [7, 11) is 1.40. The largest absolute Gasteiger partial charge is 0.497 e.